The van der Waals surface area contributed by atoms with Crippen molar-refractivity contribution in [3.05, 3.63) is 71.8 Å². The molecule has 0 aliphatic heterocycles. The van der Waals surface area contributed by atoms with Crippen LogP contribution in [0.25, 0.3) is 0 Å². The zero-order chi connectivity index (χ0) is 19.5. The topological polar surface area (TPSA) is 95.5 Å². The van der Waals surface area contributed by atoms with Crippen LogP contribution in [0.3, 0.4) is 0 Å². The molecule has 27 heavy (non-hydrogen) atoms. The Morgan fingerprint density at radius 1 is 0.889 bits per heavy atom. The molecule has 0 heterocycles. The molecule has 0 aliphatic carbocycles. The zero-order valence-corrected chi connectivity index (χ0v) is 15.1. The Hall–Kier alpha value is -3.15. The van der Waals surface area contributed by atoms with E-state index in [-0.39, 0.29) is 18.2 Å². The van der Waals surface area contributed by atoms with Crippen LogP contribution >= 0.6 is 0 Å². The second-order valence-corrected chi connectivity index (χ2v) is 6.22. The minimum Gasteiger partial charge on any atom is -0.481 e. The minimum atomic E-state index is -0.849. The lowest BCUT2D eigenvalue weighted by Crippen LogP contribution is -2.48. The summed E-state index contributed by atoms with van der Waals surface area (Å²) in [5.74, 6) is -1.44. The minimum absolute atomic E-state index is 0.0774. The maximum atomic E-state index is 12.6. The first kappa shape index (κ1) is 20.2. The van der Waals surface area contributed by atoms with E-state index in [0.29, 0.717) is 31.4 Å². The van der Waals surface area contributed by atoms with Crippen molar-refractivity contribution in [1.29, 1.82) is 0 Å². The van der Waals surface area contributed by atoms with Crippen molar-refractivity contribution in [2.45, 2.75) is 31.7 Å². The van der Waals surface area contributed by atoms with Crippen molar-refractivity contribution in [3.8, 4) is 0 Å². The number of carboxylic acid groups (broad SMARTS) is 1. The summed E-state index contributed by atoms with van der Waals surface area (Å²) in [5, 5.41) is 14.2. The van der Waals surface area contributed by atoms with Gasteiger partial charge in [-0.3, -0.25) is 14.4 Å². The van der Waals surface area contributed by atoms with Gasteiger partial charge in [0.2, 0.25) is 5.91 Å². The standard InChI is InChI=1S/C21H24N2O4/c24-19(25)13-7-8-14-22-21(27)18(15-16-9-3-1-4-10-16)23-20(26)17-11-5-2-6-12-17/h1-6,9-12,18H,7-8,13-15H2,(H,22,27)(H,23,26)(H,24,25). The number of amides is 2. The molecule has 0 aromatic heterocycles. The van der Waals surface area contributed by atoms with Gasteiger partial charge in [-0.15, -0.1) is 0 Å². The van der Waals surface area contributed by atoms with Gasteiger partial charge in [0.25, 0.3) is 5.91 Å². The highest BCUT2D eigenvalue weighted by molar-refractivity contribution is 5.97. The van der Waals surface area contributed by atoms with Crippen LogP contribution in [0, 0.1) is 0 Å². The lowest BCUT2D eigenvalue weighted by Gasteiger charge is -2.19. The number of carboxylic acids is 1. The third kappa shape index (κ3) is 7.32. The summed E-state index contributed by atoms with van der Waals surface area (Å²) in [6.45, 7) is 0.374. The smallest absolute Gasteiger partial charge is 0.303 e. The summed E-state index contributed by atoms with van der Waals surface area (Å²) in [6.07, 6.45) is 1.52. The quantitative estimate of drug-likeness (QED) is 0.561. The first-order valence-electron chi connectivity index (χ1n) is 8.95. The molecule has 0 fully saturated rings. The maximum absolute atomic E-state index is 12.6. The van der Waals surface area contributed by atoms with Crippen molar-refractivity contribution in [2.24, 2.45) is 0 Å². The number of hydrogen-bond acceptors (Lipinski definition) is 3. The molecule has 0 radical (unpaired) electrons. The monoisotopic (exact) mass is 368 g/mol. The Bertz CT molecular complexity index is 747. The molecule has 2 rings (SSSR count). The summed E-state index contributed by atoms with van der Waals surface area (Å²) in [4.78, 5) is 35.5. The van der Waals surface area contributed by atoms with Crippen LogP contribution < -0.4 is 10.6 Å². The molecule has 0 saturated carbocycles. The Kier molecular flexibility index (Phi) is 8.03. The van der Waals surface area contributed by atoms with Crippen LogP contribution in [-0.2, 0) is 16.0 Å². The fourth-order valence-electron chi connectivity index (χ4n) is 2.63. The van der Waals surface area contributed by atoms with Crippen molar-refractivity contribution < 1.29 is 19.5 Å². The van der Waals surface area contributed by atoms with Gasteiger partial charge in [0, 0.05) is 24.9 Å². The number of rotatable bonds is 10. The Labute approximate surface area is 158 Å². The van der Waals surface area contributed by atoms with E-state index < -0.39 is 12.0 Å². The lowest BCUT2D eigenvalue weighted by atomic mass is 10.0. The molecule has 1 unspecified atom stereocenters. The fraction of sp³-hybridized carbons (Fsp3) is 0.286. The van der Waals surface area contributed by atoms with E-state index in [9.17, 15) is 14.4 Å². The Balaban J connectivity index is 1.97. The molecule has 0 aliphatic rings. The molecule has 2 amide bonds. The lowest BCUT2D eigenvalue weighted by molar-refractivity contribution is -0.137. The molecule has 2 aromatic rings. The number of nitrogens with one attached hydrogen (secondary N) is 2. The van der Waals surface area contributed by atoms with E-state index in [1.54, 1.807) is 24.3 Å². The molecule has 3 N–H and O–H groups in total. The first-order valence-corrected chi connectivity index (χ1v) is 8.95. The number of benzene rings is 2. The van der Waals surface area contributed by atoms with Crippen LogP contribution in [-0.4, -0.2) is 35.5 Å². The van der Waals surface area contributed by atoms with Crippen LogP contribution in [0.1, 0.15) is 35.2 Å². The average molecular weight is 368 g/mol. The van der Waals surface area contributed by atoms with E-state index >= 15 is 0 Å². The zero-order valence-electron chi connectivity index (χ0n) is 15.1. The maximum Gasteiger partial charge on any atom is 0.303 e. The largest absolute Gasteiger partial charge is 0.481 e. The highest BCUT2D eigenvalue weighted by Gasteiger charge is 2.21. The van der Waals surface area contributed by atoms with Gasteiger partial charge < -0.3 is 15.7 Å². The van der Waals surface area contributed by atoms with Crippen molar-refractivity contribution in [1.82, 2.24) is 10.6 Å². The van der Waals surface area contributed by atoms with Gasteiger partial charge in [-0.25, -0.2) is 0 Å². The number of carbonyl (C=O) groups excluding carboxylic acids is 2. The van der Waals surface area contributed by atoms with E-state index in [2.05, 4.69) is 10.6 Å². The van der Waals surface area contributed by atoms with Gasteiger partial charge in [0.1, 0.15) is 6.04 Å². The van der Waals surface area contributed by atoms with Gasteiger partial charge >= 0.3 is 5.97 Å². The number of hydrogen-bond donors (Lipinski definition) is 3. The van der Waals surface area contributed by atoms with Gasteiger partial charge in [-0.2, -0.15) is 0 Å². The van der Waals surface area contributed by atoms with E-state index in [0.717, 1.165) is 5.56 Å². The van der Waals surface area contributed by atoms with Crippen LogP contribution in [0.4, 0.5) is 0 Å². The second-order valence-electron chi connectivity index (χ2n) is 6.22. The van der Waals surface area contributed by atoms with E-state index in [1.165, 1.54) is 0 Å². The summed E-state index contributed by atoms with van der Waals surface area (Å²) in [5.41, 5.74) is 1.43. The normalized spacial score (nSPS) is 11.4. The average Bonchev–Trinajstić information content (AvgIpc) is 2.68. The highest BCUT2D eigenvalue weighted by Crippen LogP contribution is 2.06. The fourth-order valence-corrected chi connectivity index (χ4v) is 2.63. The van der Waals surface area contributed by atoms with Gasteiger partial charge in [0.05, 0.1) is 0 Å². The van der Waals surface area contributed by atoms with Crippen LogP contribution in [0.5, 0.6) is 0 Å². The molecule has 6 heteroatoms. The summed E-state index contributed by atoms with van der Waals surface area (Å²) >= 11 is 0. The Morgan fingerprint density at radius 2 is 1.52 bits per heavy atom. The van der Waals surface area contributed by atoms with Gasteiger partial charge in [-0.05, 0) is 30.5 Å². The third-order valence-electron chi connectivity index (χ3n) is 4.06. The van der Waals surface area contributed by atoms with E-state index in [1.807, 2.05) is 36.4 Å². The first-order chi connectivity index (χ1) is 13.1. The van der Waals surface area contributed by atoms with Crippen LogP contribution in [0.2, 0.25) is 0 Å². The SMILES string of the molecule is O=C(O)CCCCNC(=O)C(Cc1ccccc1)NC(=O)c1ccccc1. The van der Waals surface area contributed by atoms with Crippen molar-refractivity contribution in [2.75, 3.05) is 6.54 Å². The predicted octanol–water partition coefficient (Wildman–Crippen LogP) is 2.40. The van der Waals surface area contributed by atoms with E-state index in [4.69, 9.17) is 5.11 Å². The third-order valence-corrected chi connectivity index (χ3v) is 4.06. The highest BCUT2D eigenvalue weighted by atomic mass is 16.4. The van der Waals surface area contributed by atoms with Gasteiger partial charge in [0.15, 0.2) is 0 Å². The second kappa shape index (κ2) is 10.8. The number of carbonyl (C=O) groups is 3. The van der Waals surface area contributed by atoms with Gasteiger partial charge in [-0.1, -0.05) is 48.5 Å². The summed E-state index contributed by atoms with van der Waals surface area (Å²) in [7, 11) is 0. The molecule has 142 valence electrons. The molecular weight excluding hydrogens is 344 g/mol. The molecule has 0 spiro atoms. The number of aliphatic carboxylic acids is 1. The van der Waals surface area contributed by atoms with Crippen LogP contribution in [0.15, 0.2) is 60.7 Å². The van der Waals surface area contributed by atoms with Crippen molar-refractivity contribution in [3.63, 3.8) is 0 Å². The molecule has 1 atom stereocenters. The molecule has 2 aromatic carbocycles. The Morgan fingerprint density at radius 3 is 2.15 bits per heavy atom. The summed E-state index contributed by atoms with van der Waals surface area (Å²) < 4.78 is 0. The molecule has 0 saturated heterocycles. The predicted molar refractivity (Wildman–Crippen MR) is 102 cm³/mol. The molecular formula is C21H24N2O4. The molecule has 6 nitrogen and oxygen atoms in total. The number of unbranched alkanes of at least 4 members (excludes halogenated alkanes) is 1. The summed E-state index contributed by atoms with van der Waals surface area (Å²) in [6, 6.07) is 17.5. The van der Waals surface area contributed by atoms with Crippen molar-refractivity contribution >= 4 is 17.8 Å². The molecule has 0 bridgehead atoms.